The van der Waals surface area contributed by atoms with Crippen molar-refractivity contribution in [1.29, 1.82) is 0 Å². The van der Waals surface area contributed by atoms with Gasteiger partial charge in [0.2, 0.25) is 5.65 Å². The Bertz CT molecular complexity index is 1360. The van der Waals surface area contributed by atoms with Gasteiger partial charge < -0.3 is 25.4 Å². The van der Waals surface area contributed by atoms with Crippen molar-refractivity contribution in [1.82, 2.24) is 24.8 Å². The molecule has 0 aliphatic rings. The zero-order valence-corrected chi connectivity index (χ0v) is 19.2. The van der Waals surface area contributed by atoms with Crippen molar-refractivity contribution in [2.24, 2.45) is 5.73 Å². The van der Waals surface area contributed by atoms with Crippen molar-refractivity contribution in [2.45, 2.75) is 32.4 Å². The van der Waals surface area contributed by atoms with Crippen LogP contribution in [0.5, 0.6) is 17.4 Å². The minimum Gasteiger partial charge on any atom is -0.507 e. The summed E-state index contributed by atoms with van der Waals surface area (Å²) in [4.78, 5) is 20.8. The van der Waals surface area contributed by atoms with Gasteiger partial charge in [0.15, 0.2) is 5.69 Å². The van der Waals surface area contributed by atoms with Gasteiger partial charge in [-0.3, -0.25) is 9.20 Å². The molecule has 1 aromatic carbocycles. The molecule has 190 valence electrons. The fourth-order valence-electron chi connectivity index (χ4n) is 3.73. The lowest BCUT2D eigenvalue weighted by molar-refractivity contribution is -0.142. The van der Waals surface area contributed by atoms with Gasteiger partial charge in [0, 0.05) is 25.0 Å². The number of rotatable bonds is 9. The number of nitrogens with one attached hydrogen (secondary N) is 1. The van der Waals surface area contributed by atoms with E-state index >= 15 is 0 Å². The molecular weight excluding hydrogens is 481 g/mol. The summed E-state index contributed by atoms with van der Waals surface area (Å²) in [6, 6.07) is 2.80. The van der Waals surface area contributed by atoms with Gasteiger partial charge in [0.05, 0.1) is 23.0 Å². The summed E-state index contributed by atoms with van der Waals surface area (Å²) < 4.78 is 51.5. The first-order chi connectivity index (χ1) is 17.2. The van der Waals surface area contributed by atoms with Gasteiger partial charge in [-0.15, -0.1) is 0 Å². The first-order valence-electron chi connectivity index (χ1n) is 11.0. The number of nitrogens with two attached hydrogens (primary N) is 1. The van der Waals surface area contributed by atoms with Crippen LogP contribution in [-0.4, -0.2) is 43.6 Å². The molecular formula is C23H23F3N6O4. The quantitative estimate of drug-likeness (QED) is 0.290. The number of hydrogen-bond acceptors (Lipinski definition) is 8. The highest BCUT2D eigenvalue weighted by Crippen LogP contribution is 2.37. The second kappa shape index (κ2) is 10.2. The molecule has 4 aromatic rings. The van der Waals surface area contributed by atoms with E-state index in [-0.39, 0.29) is 39.8 Å². The van der Waals surface area contributed by atoms with Gasteiger partial charge in [-0.1, -0.05) is 11.6 Å². The summed E-state index contributed by atoms with van der Waals surface area (Å²) in [6.07, 6.45) is 2.66. The predicted molar refractivity (Wildman–Crippen MR) is 122 cm³/mol. The predicted octanol–water partition coefficient (Wildman–Crippen LogP) is 4.07. The van der Waals surface area contributed by atoms with Crippen LogP contribution in [0.1, 0.15) is 40.9 Å². The number of unbranched alkanes of at least 4 members (excludes halogenated alkanes) is 2. The van der Waals surface area contributed by atoms with Crippen LogP contribution < -0.4 is 15.8 Å². The Balaban J connectivity index is 1.57. The third kappa shape index (κ3) is 5.10. The number of aromatic nitrogens is 4. The SMILES string of the molecule is Cc1cc(Oc2nccn3c(-c4conc4C(F)(F)F)cnc23)cc(O)c1C(=O)NCCCCCN. The summed E-state index contributed by atoms with van der Waals surface area (Å²) in [6.45, 7) is 2.68. The molecule has 0 aliphatic carbocycles. The molecule has 0 spiro atoms. The molecule has 0 aliphatic heterocycles. The number of carbonyl (C=O) groups excluding carboxylic acids is 1. The van der Waals surface area contributed by atoms with Crippen LogP contribution in [0.3, 0.4) is 0 Å². The molecule has 0 bridgehead atoms. The number of aryl methyl sites for hydroxylation is 1. The molecule has 4 rings (SSSR count). The van der Waals surface area contributed by atoms with Crippen LogP contribution in [-0.2, 0) is 6.18 Å². The Kier molecular flexibility index (Phi) is 7.10. The van der Waals surface area contributed by atoms with Gasteiger partial charge in [-0.2, -0.15) is 13.2 Å². The number of halogens is 3. The summed E-state index contributed by atoms with van der Waals surface area (Å²) in [5.74, 6) is -0.573. The van der Waals surface area contributed by atoms with Crippen molar-refractivity contribution < 1.29 is 32.3 Å². The van der Waals surface area contributed by atoms with E-state index in [1.54, 1.807) is 13.0 Å². The van der Waals surface area contributed by atoms with Crippen molar-refractivity contribution in [3.05, 3.63) is 53.8 Å². The van der Waals surface area contributed by atoms with Gasteiger partial charge in [-0.25, -0.2) is 9.97 Å². The second-order valence-corrected chi connectivity index (χ2v) is 7.99. The van der Waals surface area contributed by atoms with E-state index in [2.05, 4.69) is 25.0 Å². The number of fused-ring (bicyclic) bond motifs is 1. The average Bonchev–Trinajstić information content (AvgIpc) is 3.46. The maximum atomic E-state index is 13.3. The van der Waals surface area contributed by atoms with E-state index in [0.29, 0.717) is 18.7 Å². The zero-order chi connectivity index (χ0) is 25.9. The number of amides is 1. The molecule has 3 heterocycles. The summed E-state index contributed by atoms with van der Waals surface area (Å²) >= 11 is 0. The maximum Gasteiger partial charge on any atom is 0.437 e. The highest BCUT2D eigenvalue weighted by Gasteiger charge is 2.38. The fourth-order valence-corrected chi connectivity index (χ4v) is 3.73. The lowest BCUT2D eigenvalue weighted by atomic mass is 10.1. The minimum atomic E-state index is -4.72. The number of phenols is 1. The van der Waals surface area contributed by atoms with Crippen LogP contribution in [0.25, 0.3) is 16.9 Å². The molecule has 36 heavy (non-hydrogen) atoms. The molecule has 0 fully saturated rings. The number of benzene rings is 1. The summed E-state index contributed by atoms with van der Waals surface area (Å²) in [5, 5.41) is 16.3. The van der Waals surface area contributed by atoms with Crippen LogP contribution in [0.15, 0.2) is 41.5 Å². The van der Waals surface area contributed by atoms with Crippen molar-refractivity contribution in [2.75, 3.05) is 13.1 Å². The van der Waals surface area contributed by atoms with E-state index < -0.39 is 17.8 Å². The molecule has 13 heteroatoms. The number of ether oxygens (including phenoxy) is 1. The van der Waals surface area contributed by atoms with Crippen molar-refractivity contribution >= 4 is 11.6 Å². The Morgan fingerprint density at radius 2 is 2.06 bits per heavy atom. The van der Waals surface area contributed by atoms with E-state index in [1.807, 2.05) is 0 Å². The van der Waals surface area contributed by atoms with Crippen LogP contribution in [0, 0.1) is 6.92 Å². The molecule has 0 saturated carbocycles. The molecule has 3 aromatic heterocycles. The Labute approximate surface area is 202 Å². The molecule has 0 radical (unpaired) electrons. The standard InChI is InChI=1S/C23H23F3N6O4/c1-13-9-14(10-17(33)18(13)21(34)28-6-4-2-3-5-27)36-22-20-30-11-16(32(20)8-7-29-22)15-12-35-31-19(15)23(24,25)26/h7-12,33H,2-6,27H2,1H3,(H,28,34). The third-order valence-electron chi connectivity index (χ3n) is 5.41. The smallest absolute Gasteiger partial charge is 0.437 e. The molecule has 0 saturated heterocycles. The first kappa shape index (κ1) is 25.0. The maximum absolute atomic E-state index is 13.3. The largest absolute Gasteiger partial charge is 0.507 e. The number of nitrogens with zero attached hydrogens (tertiary/aromatic N) is 4. The summed E-state index contributed by atoms with van der Waals surface area (Å²) in [5.41, 5.74) is 4.75. The molecule has 0 atom stereocenters. The van der Waals surface area contributed by atoms with E-state index in [1.165, 1.54) is 29.1 Å². The van der Waals surface area contributed by atoms with Gasteiger partial charge in [0.25, 0.3) is 11.8 Å². The molecule has 4 N–H and O–H groups in total. The highest BCUT2D eigenvalue weighted by atomic mass is 19.4. The molecule has 10 nitrogen and oxygen atoms in total. The number of alkyl halides is 3. The Hall–Kier alpha value is -4.13. The average molecular weight is 504 g/mol. The number of phenolic OH excluding ortho intramolecular Hbond substituents is 1. The van der Waals surface area contributed by atoms with E-state index in [0.717, 1.165) is 25.5 Å². The summed E-state index contributed by atoms with van der Waals surface area (Å²) in [7, 11) is 0. The van der Waals surface area contributed by atoms with Gasteiger partial charge in [0.1, 0.15) is 17.8 Å². The highest BCUT2D eigenvalue weighted by molar-refractivity contribution is 5.98. The third-order valence-corrected chi connectivity index (χ3v) is 5.41. The Morgan fingerprint density at radius 3 is 2.78 bits per heavy atom. The number of imidazole rings is 1. The number of carbonyl (C=O) groups is 1. The second-order valence-electron chi connectivity index (χ2n) is 7.99. The fraction of sp³-hybridized carbons (Fsp3) is 0.304. The minimum absolute atomic E-state index is 0.0235. The number of aromatic hydroxyl groups is 1. The van der Waals surface area contributed by atoms with Crippen molar-refractivity contribution in [3.8, 4) is 28.6 Å². The molecule has 0 unspecified atom stereocenters. The lowest BCUT2D eigenvalue weighted by Gasteiger charge is -2.12. The molecule has 1 amide bonds. The monoisotopic (exact) mass is 504 g/mol. The topological polar surface area (TPSA) is 141 Å². The van der Waals surface area contributed by atoms with Gasteiger partial charge in [-0.05, 0) is 37.9 Å². The van der Waals surface area contributed by atoms with E-state index in [4.69, 9.17) is 10.5 Å². The van der Waals surface area contributed by atoms with Gasteiger partial charge >= 0.3 is 6.18 Å². The number of hydrogen-bond donors (Lipinski definition) is 3. The van der Waals surface area contributed by atoms with Crippen LogP contribution >= 0.6 is 0 Å². The van der Waals surface area contributed by atoms with E-state index in [9.17, 15) is 23.1 Å². The van der Waals surface area contributed by atoms with Crippen LogP contribution in [0.2, 0.25) is 0 Å². The normalized spacial score (nSPS) is 11.7. The van der Waals surface area contributed by atoms with Crippen LogP contribution in [0.4, 0.5) is 13.2 Å². The first-order valence-corrected chi connectivity index (χ1v) is 11.0. The Morgan fingerprint density at radius 1 is 1.25 bits per heavy atom. The zero-order valence-electron chi connectivity index (χ0n) is 19.2. The van der Waals surface area contributed by atoms with Crippen molar-refractivity contribution in [3.63, 3.8) is 0 Å². The lowest BCUT2D eigenvalue weighted by Crippen LogP contribution is -2.25.